The molecular weight excluding hydrogens is 267 g/mol. The van der Waals surface area contributed by atoms with Crippen LogP contribution in [0.5, 0.6) is 0 Å². The van der Waals surface area contributed by atoms with Crippen molar-refractivity contribution in [3.8, 4) is 0 Å². The van der Waals surface area contributed by atoms with Crippen molar-refractivity contribution in [2.75, 3.05) is 0 Å². The normalized spacial score (nSPS) is 12.9. The molecule has 0 saturated carbocycles. The highest BCUT2D eigenvalue weighted by molar-refractivity contribution is 5.86. The Morgan fingerprint density at radius 3 is 2.60 bits per heavy atom. The number of halogens is 3. The molecule has 20 heavy (non-hydrogen) atoms. The molecule has 0 saturated heterocycles. The molecule has 0 aliphatic rings. The molecule has 0 bridgehead atoms. The summed E-state index contributed by atoms with van der Waals surface area (Å²) in [6, 6.07) is 5.29. The molecule has 2 aromatic rings. The van der Waals surface area contributed by atoms with Crippen LogP contribution in [0, 0.1) is 0 Å². The van der Waals surface area contributed by atoms with E-state index in [0.29, 0.717) is 6.07 Å². The zero-order valence-electron chi connectivity index (χ0n) is 11.1. The molecular formula is C15H14F3NO. The zero-order chi connectivity index (χ0) is 14.9. The Labute approximate surface area is 113 Å². The van der Waals surface area contributed by atoms with Gasteiger partial charge in [-0.15, -0.1) is 0 Å². The molecule has 106 valence electrons. The van der Waals surface area contributed by atoms with Crippen molar-refractivity contribution in [2.24, 2.45) is 0 Å². The second-order valence-electron chi connectivity index (χ2n) is 4.60. The molecule has 0 aliphatic heterocycles. The van der Waals surface area contributed by atoms with Crippen LogP contribution in [0.2, 0.25) is 0 Å². The Kier molecular flexibility index (Phi) is 3.70. The molecule has 2 rings (SSSR count). The summed E-state index contributed by atoms with van der Waals surface area (Å²) in [7, 11) is 0. The van der Waals surface area contributed by atoms with E-state index in [4.69, 9.17) is 0 Å². The lowest BCUT2D eigenvalue weighted by Gasteiger charge is -2.11. The zero-order valence-corrected chi connectivity index (χ0v) is 11.1. The van der Waals surface area contributed by atoms with Gasteiger partial charge in [0.15, 0.2) is 0 Å². The summed E-state index contributed by atoms with van der Waals surface area (Å²) < 4.78 is 39.0. The fraction of sp³-hybridized carbons (Fsp3) is 0.267. The van der Waals surface area contributed by atoms with Crippen LogP contribution < -0.4 is 5.56 Å². The van der Waals surface area contributed by atoms with Crippen molar-refractivity contribution in [1.82, 2.24) is 4.98 Å². The van der Waals surface area contributed by atoms with E-state index < -0.39 is 17.3 Å². The highest BCUT2D eigenvalue weighted by atomic mass is 19.4. The average Bonchev–Trinajstić information content (AvgIpc) is 2.36. The number of aromatic amines is 1. The lowest BCUT2D eigenvalue weighted by molar-refractivity contribution is -0.136. The molecule has 5 heteroatoms. The number of nitrogens with one attached hydrogen (secondary N) is 1. The van der Waals surface area contributed by atoms with Gasteiger partial charge in [-0.3, -0.25) is 4.79 Å². The summed E-state index contributed by atoms with van der Waals surface area (Å²) >= 11 is 0. The molecule has 0 fully saturated rings. The van der Waals surface area contributed by atoms with Crippen LogP contribution in [0.15, 0.2) is 35.1 Å². The van der Waals surface area contributed by atoms with Gasteiger partial charge in [0.05, 0.1) is 5.56 Å². The molecule has 1 heterocycles. The third-order valence-electron chi connectivity index (χ3n) is 3.11. The van der Waals surface area contributed by atoms with E-state index in [0.717, 1.165) is 17.6 Å². The minimum absolute atomic E-state index is 0.0125. The largest absolute Gasteiger partial charge is 0.417 e. The summed E-state index contributed by atoms with van der Waals surface area (Å²) in [5.41, 5.74) is 0.171. The summed E-state index contributed by atoms with van der Waals surface area (Å²) in [6.45, 7) is 3.81. The van der Waals surface area contributed by atoms with Gasteiger partial charge in [0.1, 0.15) is 0 Å². The van der Waals surface area contributed by atoms with Gasteiger partial charge in [-0.1, -0.05) is 19.1 Å². The van der Waals surface area contributed by atoms with Crippen molar-refractivity contribution in [1.29, 1.82) is 0 Å². The standard InChI is InChI=1S/C15H14F3NO/c1-3-4-9(2)10-5-6-13-11(7-10)12(15(16,17)18)8-14(20)19-13/h4-8H,3H2,1-2H3,(H,19,20)/b9-4+. The highest BCUT2D eigenvalue weighted by Gasteiger charge is 2.33. The number of benzene rings is 1. The molecule has 0 spiro atoms. The molecule has 2 nitrogen and oxygen atoms in total. The van der Waals surface area contributed by atoms with Gasteiger partial charge in [-0.2, -0.15) is 13.2 Å². The Bertz CT molecular complexity index is 726. The maximum atomic E-state index is 13.0. The molecule has 1 N–H and O–H groups in total. The SMILES string of the molecule is CC/C=C(\C)c1ccc2[nH]c(=O)cc(C(F)(F)F)c2c1. The average molecular weight is 281 g/mol. The first-order valence-electron chi connectivity index (χ1n) is 6.24. The van der Waals surface area contributed by atoms with E-state index in [1.807, 2.05) is 19.9 Å². The summed E-state index contributed by atoms with van der Waals surface area (Å²) in [6.07, 6.45) is -1.80. The fourth-order valence-electron chi connectivity index (χ4n) is 2.16. The van der Waals surface area contributed by atoms with Crippen LogP contribution in [0.4, 0.5) is 13.2 Å². The van der Waals surface area contributed by atoms with Crippen molar-refractivity contribution < 1.29 is 13.2 Å². The van der Waals surface area contributed by atoms with Gasteiger partial charge >= 0.3 is 6.18 Å². The van der Waals surface area contributed by atoms with Gasteiger partial charge in [0.2, 0.25) is 5.56 Å². The number of hydrogen-bond donors (Lipinski definition) is 1. The van der Waals surface area contributed by atoms with E-state index in [1.54, 1.807) is 6.07 Å². The van der Waals surface area contributed by atoms with Crippen LogP contribution in [-0.2, 0) is 6.18 Å². The quantitative estimate of drug-likeness (QED) is 0.871. The van der Waals surface area contributed by atoms with Crippen LogP contribution in [-0.4, -0.2) is 4.98 Å². The van der Waals surface area contributed by atoms with E-state index in [-0.39, 0.29) is 10.9 Å². The molecule has 0 unspecified atom stereocenters. The van der Waals surface area contributed by atoms with E-state index in [9.17, 15) is 18.0 Å². The van der Waals surface area contributed by atoms with Gasteiger partial charge in [-0.05, 0) is 36.6 Å². The number of fused-ring (bicyclic) bond motifs is 1. The van der Waals surface area contributed by atoms with Crippen molar-refractivity contribution in [2.45, 2.75) is 26.4 Å². The first-order valence-corrected chi connectivity index (χ1v) is 6.24. The van der Waals surface area contributed by atoms with Crippen molar-refractivity contribution >= 4 is 16.5 Å². The van der Waals surface area contributed by atoms with Gasteiger partial charge < -0.3 is 4.98 Å². The molecule has 0 radical (unpaired) electrons. The Morgan fingerprint density at radius 2 is 2.00 bits per heavy atom. The Morgan fingerprint density at radius 1 is 1.30 bits per heavy atom. The van der Waals surface area contributed by atoms with Gasteiger partial charge in [0.25, 0.3) is 0 Å². The van der Waals surface area contributed by atoms with Crippen LogP contribution in [0.3, 0.4) is 0 Å². The number of pyridine rings is 1. The monoisotopic (exact) mass is 281 g/mol. The van der Waals surface area contributed by atoms with Crippen LogP contribution in [0.1, 0.15) is 31.4 Å². The number of rotatable bonds is 2. The molecule has 0 amide bonds. The smallest absolute Gasteiger partial charge is 0.322 e. The molecule has 1 aromatic carbocycles. The molecule has 0 atom stereocenters. The van der Waals surface area contributed by atoms with Gasteiger partial charge in [-0.25, -0.2) is 0 Å². The predicted molar refractivity (Wildman–Crippen MR) is 73.5 cm³/mol. The molecule has 1 aromatic heterocycles. The lowest BCUT2D eigenvalue weighted by atomic mass is 10.0. The third-order valence-corrected chi connectivity index (χ3v) is 3.11. The summed E-state index contributed by atoms with van der Waals surface area (Å²) in [5, 5.41) is 0.0125. The topological polar surface area (TPSA) is 32.9 Å². The number of H-pyrrole nitrogens is 1. The van der Waals surface area contributed by atoms with Crippen LogP contribution in [0.25, 0.3) is 16.5 Å². The Hall–Kier alpha value is -2.04. The lowest BCUT2D eigenvalue weighted by Crippen LogP contribution is -2.14. The maximum absolute atomic E-state index is 13.0. The number of allylic oxidation sites excluding steroid dienone is 2. The second-order valence-corrected chi connectivity index (χ2v) is 4.60. The number of aromatic nitrogens is 1. The van der Waals surface area contributed by atoms with Gasteiger partial charge in [0, 0.05) is 17.0 Å². The third kappa shape index (κ3) is 2.76. The number of alkyl halides is 3. The Balaban J connectivity index is 2.76. The van der Waals surface area contributed by atoms with E-state index >= 15 is 0 Å². The first-order chi connectivity index (χ1) is 9.32. The summed E-state index contributed by atoms with van der Waals surface area (Å²) in [4.78, 5) is 13.7. The second kappa shape index (κ2) is 5.15. The predicted octanol–water partition coefficient (Wildman–Crippen LogP) is 4.36. The minimum Gasteiger partial charge on any atom is -0.322 e. The fourth-order valence-corrected chi connectivity index (χ4v) is 2.16. The maximum Gasteiger partial charge on any atom is 0.417 e. The van der Waals surface area contributed by atoms with Crippen molar-refractivity contribution in [3.05, 3.63) is 51.8 Å². The first kappa shape index (κ1) is 14.4. The number of hydrogen-bond acceptors (Lipinski definition) is 1. The van der Waals surface area contributed by atoms with E-state index in [2.05, 4.69) is 4.98 Å². The summed E-state index contributed by atoms with van der Waals surface area (Å²) in [5.74, 6) is 0. The minimum atomic E-state index is -4.55. The molecule has 0 aliphatic carbocycles. The van der Waals surface area contributed by atoms with Crippen LogP contribution >= 0.6 is 0 Å². The van der Waals surface area contributed by atoms with Crippen molar-refractivity contribution in [3.63, 3.8) is 0 Å². The highest BCUT2D eigenvalue weighted by Crippen LogP contribution is 2.34. The van der Waals surface area contributed by atoms with E-state index in [1.165, 1.54) is 12.1 Å².